The van der Waals surface area contributed by atoms with Crippen LogP contribution >= 0.6 is 0 Å². The minimum atomic E-state index is -7.08. The van der Waals surface area contributed by atoms with Gasteiger partial charge in [0.05, 0.1) is 0 Å². The topological polar surface area (TPSA) is 0 Å². The normalized spacial score (nSPS) is 17.2. The van der Waals surface area contributed by atoms with Crippen molar-refractivity contribution in [2.45, 2.75) is 24.2 Å². The molecule has 0 nitrogen and oxygen atoms in total. The van der Waals surface area contributed by atoms with E-state index in [0.29, 0.717) is 0 Å². The summed E-state index contributed by atoms with van der Waals surface area (Å²) in [7, 11) is 0. The summed E-state index contributed by atoms with van der Waals surface area (Å²) >= 11 is 0. The molecule has 14 heteroatoms. The van der Waals surface area contributed by atoms with Crippen molar-refractivity contribution in [2.75, 3.05) is 0 Å². The number of hydrogen-bond donors (Lipinski definition) is 0. The minimum absolute atomic E-state index is 4.45. The molecule has 130 valence electrons. The molecule has 0 saturated carbocycles. The summed E-state index contributed by atoms with van der Waals surface area (Å²) in [5.41, 5.74) is 0. The third-order valence-corrected chi connectivity index (χ3v) is 1.83. The molecule has 0 aromatic heterocycles. The van der Waals surface area contributed by atoms with E-state index in [1.54, 1.807) is 0 Å². The maximum Gasteiger partial charge on any atom is 0.445 e. The molecule has 22 heavy (non-hydrogen) atoms. The molecule has 0 aliphatic rings. The largest absolute Gasteiger partial charge is 0.445 e. The van der Waals surface area contributed by atoms with Crippen molar-refractivity contribution in [1.82, 2.24) is 0 Å². The van der Waals surface area contributed by atoms with Crippen LogP contribution in [-0.2, 0) is 0 Å². The van der Waals surface area contributed by atoms with Crippen LogP contribution in [0.15, 0.2) is 23.3 Å². The molecule has 0 spiro atoms. The van der Waals surface area contributed by atoms with E-state index in [2.05, 4.69) is 0 Å². The summed E-state index contributed by atoms with van der Waals surface area (Å²) in [5, 5.41) is 0. The highest BCUT2D eigenvalue weighted by Gasteiger charge is 2.67. The zero-order chi connectivity index (χ0) is 18.3. The summed E-state index contributed by atoms with van der Waals surface area (Å²) in [5.74, 6) is -32.3. The van der Waals surface area contributed by atoms with E-state index in [-0.39, 0.29) is 0 Å². The summed E-state index contributed by atoms with van der Waals surface area (Å²) < 4.78 is 169. The molecule has 0 aliphatic carbocycles. The van der Waals surface area contributed by atoms with Gasteiger partial charge in [-0.15, -0.1) is 0 Å². The van der Waals surface area contributed by atoms with Crippen molar-refractivity contribution in [3.8, 4) is 0 Å². The Morgan fingerprint density at radius 3 is 0.682 bits per heavy atom. The fourth-order valence-corrected chi connectivity index (χ4v) is 0.800. The lowest BCUT2D eigenvalue weighted by Crippen LogP contribution is -2.43. The second kappa shape index (κ2) is 5.61. The number of rotatable bonds is 3. The van der Waals surface area contributed by atoms with Gasteiger partial charge >= 0.3 is 24.2 Å². The number of hydrogen-bond acceptors (Lipinski definition) is 0. The Labute approximate surface area is 110 Å². The molecule has 0 N–H and O–H groups in total. The molecule has 0 amide bonds. The molecule has 0 fully saturated rings. The van der Waals surface area contributed by atoms with Gasteiger partial charge in [-0.25, -0.2) is 8.78 Å². The van der Waals surface area contributed by atoms with E-state index in [4.69, 9.17) is 0 Å². The molecule has 0 saturated heterocycles. The van der Waals surface area contributed by atoms with Crippen LogP contribution in [0.2, 0.25) is 0 Å². The van der Waals surface area contributed by atoms with Gasteiger partial charge < -0.3 is 0 Å². The minimum Gasteiger partial charge on any atom is -0.202 e. The average Bonchev–Trinajstić information content (AvgIpc) is 2.32. The van der Waals surface area contributed by atoms with E-state index in [0.717, 1.165) is 0 Å². The molecule has 0 heterocycles. The Bertz CT molecular complexity index is 440. The van der Waals surface area contributed by atoms with Crippen LogP contribution < -0.4 is 0 Å². The third-order valence-electron chi connectivity index (χ3n) is 1.83. The van der Waals surface area contributed by atoms with Gasteiger partial charge in [-0.05, 0) is 0 Å². The lowest BCUT2D eigenvalue weighted by atomic mass is 10.1. The maximum absolute atomic E-state index is 12.6. The van der Waals surface area contributed by atoms with E-state index in [1.807, 2.05) is 0 Å². The number of allylic oxidation sites excluding steroid dienone is 4. The number of alkyl halides is 10. The second-order valence-corrected chi connectivity index (χ2v) is 3.40. The van der Waals surface area contributed by atoms with Crippen LogP contribution in [0.4, 0.5) is 61.5 Å². The van der Waals surface area contributed by atoms with Crippen LogP contribution in [0, 0.1) is 0 Å². The molecule has 0 radical (unpaired) electrons. The fourth-order valence-electron chi connectivity index (χ4n) is 0.800. The summed E-state index contributed by atoms with van der Waals surface area (Å²) in [6.07, 6.45) is -13.1. The van der Waals surface area contributed by atoms with Gasteiger partial charge in [0.25, 0.3) is 0 Å². The van der Waals surface area contributed by atoms with Crippen molar-refractivity contribution >= 4 is 0 Å². The lowest BCUT2D eigenvalue weighted by Gasteiger charge is -2.24. The first-order valence-corrected chi connectivity index (χ1v) is 4.40. The Balaban J connectivity index is 6.22. The molecule has 0 aliphatic heterocycles. The van der Waals surface area contributed by atoms with Gasteiger partial charge in [-0.1, -0.05) is 0 Å². The SMILES string of the molecule is FC(=C(F)C(F)(F)C(F)(F)C(F)=C(F)C(F)(F)F)C(F)(F)F. The van der Waals surface area contributed by atoms with Crippen molar-refractivity contribution in [3.05, 3.63) is 23.3 Å². The van der Waals surface area contributed by atoms with Crippen LogP contribution in [-0.4, -0.2) is 24.2 Å². The monoisotopic (exact) mass is 362 g/mol. The quantitative estimate of drug-likeness (QED) is 0.567. The maximum atomic E-state index is 12.6. The standard InChI is InChI=1S/C8F14/c9-1(3(11)7(17,18)19)5(13,14)6(15,16)2(10)4(12)8(20,21)22. The molecule has 0 bridgehead atoms. The van der Waals surface area contributed by atoms with Crippen LogP contribution in [0.1, 0.15) is 0 Å². The number of halogens is 14. The summed E-state index contributed by atoms with van der Waals surface area (Å²) in [6.45, 7) is 0. The third kappa shape index (κ3) is 3.63. The van der Waals surface area contributed by atoms with Crippen molar-refractivity contribution in [2.24, 2.45) is 0 Å². The molecular weight excluding hydrogens is 362 g/mol. The Morgan fingerprint density at radius 2 is 0.545 bits per heavy atom. The highest BCUT2D eigenvalue weighted by molar-refractivity contribution is 5.26. The van der Waals surface area contributed by atoms with Gasteiger partial charge in [0.2, 0.25) is 23.3 Å². The summed E-state index contributed by atoms with van der Waals surface area (Å²) in [4.78, 5) is 0. The first kappa shape index (κ1) is 20.5. The van der Waals surface area contributed by atoms with Gasteiger partial charge in [0.1, 0.15) is 0 Å². The van der Waals surface area contributed by atoms with E-state index in [9.17, 15) is 61.5 Å². The Kier molecular flexibility index (Phi) is 5.22. The predicted molar refractivity (Wildman–Crippen MR) is 40.5 cm³/mol. The predicted octanol–water partition coefficient (Wildman–Crippen LogP) is 5.68. The van der Waals surface area contributed by atoms with Gasteiger partial charge in [-0.3, -0.25) is 0 Å². The van der Waals surface area contributed by atoms with E-state index in [1.165, 1.54) is 0 Å². The molecular formula is C8F14. The lowest BCUT2D eigenvalue weighted by molar-refractivity contribution is -0.193. The molecule has 0 unspecified atom stereocenters. The molecule has 0 aromatic rings. The highest BCUT2D eigenvalue weighted by atomic mass is 19.4. The zero-order valence-corrected chi connectivity index (χ0v) is 9.29. The van der Waals surface area contributed by atoms with Crippen LogP contribution in [0.25, 0.3) is 0 Å². The van der Waals surface area contributed by atoms with Crippen LogP contribution in [0.5, 0.6) is 0 Å². The van der Waals surface area contributed by atoms with Gasteiger partial charge in [0, 0.05) is 0 Å². The van der Waals surface area contributed by atoms with E-state index < -0.39 is 47.5 Å². The first-order valence-electron chi connectivity index (χ1n) is 4.40. The Morgan fingerprint density at radius 1 is 0.364 bits per heavy atom. The fraction of sp³-hybridized carbons (Fsp3) is 0.500. The first-order chi connectivity index (χ1) is 9.38. The van der Waals surface area contributed by atoms with Gasteiger partial charge in [0.15, 0.2) is 0 Å². The smallest absolute Gasteiger partial charge is 0.202 e. The van der Waals surface area contributed by atoms with Crippen molar-refractivity contribution in [3.63, 3.8) is 0 Å². The van der Waals surface area contributed by atoms with Gasteiger partial charge in [-0.2, -0.15) is 52.7 Å². The van der Waals surface area contributed by atoms with Crippen molar-refractivity contribution in [1.29, 1.82) is 0 Å². The second-order valence-electron chi connectivity index (χ2n) is 3.40. The van der Waals surface area contributed by atoms with Crippen molar-refractivity contribution < 1.29 is 61.5 Å². The Hall–Kier alpha value is -1.50. The average molecular weight is 362 g/mol. The van der Waals surface area contributed by atoms with E-state index >= 15 is 0 Å². The highest BCUT2D eigenvalue weighted by Crippen LogP contribution is 2.50. The molecule has 0 rings (SSSR count). The zero-order valence-electron chi connectivity index (χ0n) is 9.29. The molecule has 0 aromatic carbocycles. The van der Waals surface area contributed by atoms with Crippen LogP contribution in [0.3, 0.4) is 0 Å². The molecule has 0 atom stereocenters. The summed E-state index contributed by atoms with van der Waals surface area (Å²) in [6, 6.07) is 0.